The van der Waals surface area contributed by atoms with E-state index in [2.05, 4.69) is 107 Å². The third-order valence-electron chi connectivity index (χ3n) is 7.09. The number of carbonyl (C=O) groups is 1. The van der Waals surface area contributed by atoms with Crippen molar-refractivity contribution >= 4 is 5.97 Å². The van der Waals surface area contributed by atoms with Gasteiger partial charge in [-0.25, -0.2) is 4.98 Å². The van der Waals surface area contributed by atoms with E-state index in [-0.39, 0.29) is 11.9 Å². The van der Waals surface area contributed by atoms with E-state index in [1.165, 1.54) is 23.8 Å². The van der Waals surface area contributed by atoms with E-state index in [0.29, 0.717) is 0 Å². The van der Waals surface area contributed by atoms with E-state index in [1.54, 1.807) is 0 Å². The van der Waals surface area contributed by atoms with Gasteiger partial charge in [-0.1, -0.05) is 91.0 Å². The Hall–Kier alpha value is -3.70. The molecule has 5 nitrogen and oxygen atoms in total. The molecule has 0 amide bonds. The lowest BCUT2D eigenvalue weighted by atomic mass is 9.77. The van der Waals surface area contributed by atoms with E-state index in [4.69, 9.17) is 9.72 Å². The molecule has 5 heteroatoms. The number of ether oxygens (including phenoxy) is 1. The molecule has 1 saturated heterocycles. The SMILES string of the molecule is COC(=O)[C@H]1CCN(CCc2cn(C(c3ccccc3)(c3ccccc3)c3ccccc3)cn2)C1. The van der Waals surface area contributed by atoms with E-state index >= 15 is 0 Å². The molecule has 1 atom stereocenters. The molecule has 0 spiro atoms. The third kappa shape index (κ3) is 4.52. The molecule has 1 aliphatic rings. The Morgan fingerprint density at radius 2 is 1.46 bits per heavy atom. The van der Waals surface area contributed by atoms with Gasteiger partial charge in [0.25, 0.3) is 0 Å². The average Bonchev–Trinajstić information content (AvgIpc) is 3.60. The highest BCUT2D eigenvalue weighted by Gasteiger charge is 2.38. The summed E-state index contributed by atoms with van der Waals surface area (Å²) in [4.78, 5) is 19.1. The molecule has 0 aliphatic carbocycles. The minimum atomic E-state index is -0.543. The van der Waals surface area contributed by atoms with Gasteiger partial charge < -0.3 is 14.2 Å². The molecule has 178 valence electrons. The van der Waals surface area contributed by atoms with Crippen molar-refractivity contribution in [2.45, 2.75) is 18.4 Å². The van der Waals surface area contributed by atoms with Gasteiger partial charge in [0, 0.05) is 25.7 Å². The van der Waals surface area contributed by atoms with Crippen molar-refractivity contribution in [1.82, 2.24) is 14.5 Å². The molecule has 0 saturated carbocycles. The zero-order chi connectivity index (χ0) is 24.1. The third-order valence-corrected chi connectivity index (χ3v) is 7.09. The zero-order valence-corrected chi connectivity index (χ0v) is 20.1. The Balaban J connectivity index is 1.50. The second-order valence-corrected chi connectivity index (χ2v) is 9.14. The monoisotopic (exact) mass is 465 g/mol. The van der Waals surface area contributed by atoms with Gasteiger partial charge in [-0.3, -0.25) is 4.79 Å². The number of esters is 1. The molecule has 1 aromatic heterocycles. The number of rotatable bonds is 8. The average molecular weight is 466 g/mol. The first-order chi connectivity index (χ1) is 17.2. The molecule has 35 heavy (non-hydrogen) atoms. The van der Waals surface area contributed by atoms with Crippen LogP contribution >= 0.6 is 0 Å². The quantitative estimate of drug-likeness (QED) is 0.278. The van der Waals surface area contributed by atoms with E-state index < -0.39 is 5.54 Å². The van der Waals surface area contributed by atoms with E-state index in [1.807, 2.05) is 6.33 Å². The number of benzene rings is 3. The van der Waals surface area contributed by atoms with Crippen LogP contribution in [-0.4, -0.2) is 47.2 Å². The van der Waals surface area contributed by atoms with Gasteiger partial charge in [0.05, 0.1) is 25.0 Å². The maximum absolute atomic E-state index is 11.9. The second kappa shape index (κ2) is 10.3. The van der Waals surface area contributed by atoms with Crippen LogP contribution in [0.15, 0.2) is 104 Å². The fraction of sp³-hybridized carbons (Fsp3) is 0.267. The highest BCUT2D eigenvalue weighted by molar-refractivity contribution is 5.72. The Morgan fingerprint density at radius 3 is 1.97 bits per heavy atom. The molecule has 0 N–H and O–H groups in total. The number of aromatic nitrogens is 2. The summed E-state index contributed by atoms with van der Waals surface area (Å²) in [7, 11) is 1.47. The summed E-state index contributed by atoms with van der Waals surface area (Å²) >= 11 is 0. The molecule has 3 aromatic carbocycles. The van der Waals surface area contributed by atoms with Crippen LogP contribution in [0.2, 0.25) is 0 Å². The predicted molar refractivity (Wildman–Crippen MR) is 137 cm³/mol. The van der Waals surface area contributed by atoms with Gasteiger partial charge in [0.1, 0.15) is 5.54 Å². The predicted octanol–water partition coefficient (Wildman–Crippen LogP) is 4.76. The van der Waals surface area contributed by atoms with Gasteiger partial charge >= 0.3 is 5.97 Å². The molecule has 1 aliphatic heterocycles. The van der Waals surface area contributed by atoms with Crippen LogP contribution in [0.25, 0.3) is 0 Å². The van der Waals surface area contributed by atoms with Crippen molar-refractivity contribution in [3.05, 3.63) is 126 Å². The van der Waals surface area contributed by atoms with Crippen LogP contribution in [0.1, 0.15) is 28.8 Å². The van der Waals surface area contributed by atoms with Crippen LogP contribution in [0.4, 0.5) is 0 Å². The lowest BCUT2D eigenvalue weighted by Crippen LogP contribution is -2.37. The van der Waals surface area contributed by atoms with Crippen LogP contribution in [0, 0.1) is 5.92 Å². The maximum atomic E-state index is 11.9. The molecule has 0 bridgehead atoms. The smallest absolute Gasteiger partial charge is 0.310 e. The number of nitrogens with zero attached hydrogens (tertiary/aromatic N) is 3. The van der Waals surface area contributed by atoms with Gasteiger partial charge in [-0.2, -0.15) is 0 Å². The molecule has 4 aromatic rings. The minimum Gasteiger partial charge on any atom is -0.469 e. The molecular weight excluding hydrogens is 434 g/mol. The fourth-order valence-corrected chi connectivity index (χ4v) is 5.33. The van der Waals surface area contributed by atoms with Crippen molar-refractivity contribution < 1.29 is 9.53 Å². The van der Waals surface area contributed by atoms with Crippen LogP contribution in [0.3, 0.4) is 0 Å². The lowest BCUT2D eigenvalue weighted by molar-refractivity contribution is -0.144. The van der Waals surface area contributed by atoms with Crippen molar-refractivity contribution in [3.63, 3.8) is 0 Å². The Bertz CT molecular complexity index is 1140. The number of hydrogen-bond donors (Lipinski definition) is 0. The lowest BCUT2D eigenvalue weighted by Gasteiger charge is -2.37. The molecule has 0 unspecified atom stereocenters. The fourth-order valence-electron chi connectivity index (χ4n) is 5.33. The van der Waals surface area contributed by atoms with Gasteiger partial charge in [-0.05, 0) is 29.7 Å². The second-order valence-electron chi connectivity index (χ2n) is 9.14. The van der Waals surface area contributed by atoms with Crippen molar-refractivity contribution in [2.75, 3.05) is 26.7 Å². The minimum absolute atomic E-state index is 0.0144. The number of hydrogen-bond acceptors (Lipinski definition) is 4. The Morgan fingerprint density at radius 1 is 0.914 bits per heavy atom. The number of carbonyl (C=O) groups excluding carboxylic acids is 1. The first-order valence-electron chi connectivity index (χ1n) is 12.2. The Labute approximate surface area is 207 Å². The summed E-state index contributed by atoms with van der Waals surface area (Å²) in [5.74, 6) is -0.116. The van der Waals surface area contributed by atoms with Crippen LogP contribution in [-0.2, 0) is 21.5 Å². The Kier molecular flexibility index (Phi) is 6.77. The maximum Gasteiger partial charge on any atom is 0.310 e. The first-order valence-corrected chi connectivity index (χ1v) is 12.2. The first kappa shape index (κ1) is 23.1. The number of imidazole rings is 1. The highest BCUT2D eigenvalue weighted by atomic mass is 16.5. The topological polar surface area (TPSA) is 47.4 Å². The summed E-state index contributed by atoms with van der Waals surface area (Å²) in [6.07, 6.45) is 5.83. The van der Waals surface area contributed by atoms with Crippen molar-refractivity contribution in [2.24, 2.45) is 5.92 Å². The van der Waals surface area contributed by atoms with Crippen LogP contribution < -0.4 is 0 Å². The highest BCUT2D eigenvalue weighted by Crippen LogP contribution is 2.40. The zero-order valence-electron chi connectivity index (χ0n) is 20.1. The van der Waals surface area contributed by atoms with Gasteiger partial charge in [0.15, 0.2) is 0 Å². The van der Waals surface area contributed by atoms with Crippen LogP contribution in [0.5, 0.6) is 0 Å². The van der Waals surface area contributed by atoms with E-state index in [0.717, 1.165) is 38.2 Å². The molecule has 1 fully saturated rings. The summed E-state index contributed by atoms with van der Waals surface area (Å²) in [6.45, 7) is 2.55. The molecule has 0 radical (unpaired) electrons. The van der Waals surface area contributed by atoms with Gasteiger partial charge in [-0.15, -0.1) is 0 Å². The normalized spacial score (nSPS) is 16.3. The largest absolute Gasteiger partial charge is 0.469 e. The van der Waals surface area contributed by atoms with E-state index in [9.17, 15) is 4.79 Å². The molecule has 5 rings (SSSR count). The summed E-state index contributed by atoms with van der Waals surface area (Å²) in [5, 5.41) is 0. The number of likely N-dealkylation sites (tertiary alicyclic amines) is 1. The van der Waals surface area contributed by atoms with Crippen molar-refractivity contribution in [3.8, 4) is 0 Å². The molecular formula is C30H31N3O2. The van der Waals surface area contributed by atoms with Crippen molar-refractivity contribution in [1.29, 1.82) is 0 Å². The molecule has 2 heterocycles. The summed E-state index contributed by atoms with van der Waals surface area (Å²) < 4.78 is 7.18. The summed E-state index contributed by atoms with van der Waals surface area (Å²) in [5.41, 5.74) is 4.04. The van der Waals surface area contributed by atoms with Gasteiger partial charge in [0.2, 0.25) is 0 Å². The standard InChI is InChI=1S/C30H31N3O2/c1-35-29(34)24-17-19-32(21-24)20-18-28-22-33(23-31-28)30(25-11-5-2-6-12-25,26-13-7-3-8-14-26)27-15-9-4-10-16-27/h2-16,22-24H,17-21H2,1H3/t24-/m0/s1. The summed E-state index contributed by atoms with van der Waals surface area (Å²) in [6, 6.07) is 31.9. The number of methoxy groups -OCH3 is 1.